The maximum Gasteiger partial charge on any atom is 0.416 e. The van der Waals surface area contributed by atoms with Crippen molar-refractivity contribution in [1.82, 2.24) is 4.98 Å². The van der Waals surface area contributed by atoms with Gasteiger partial charge in [0.2, 0.25) is 5.91 Å². The fraction of sp³-hybridized carbons (Fsp3) is 0.571. The second kappa shape index (κ2) is 6.43. The van der Waals surface area contributed by atoms with Gasteiger partial charge in [-0.2, -0.15) is 13.2 Å². The second-order valence-electron chi connectivity index (χ2n) is 5.16. The highest BCUT2D eigenvalue weighted by Gasteiger charge is 2.31. The Balaban J connectivity index is 1.85. The highest BCUT2D eigenvalue weighted by molar-refractivity contribution is 5.89. The zero-order valence-electron chi connectivity index (χ0n) is 11.6. The molecule has 0 aromatic carbocycles. The number of amides is 1. The van der Waals surface area contributed by atoms with E-state index in [1.165, 1.54) is 0 Å². The predicted molar refractivity (Wildman–Crippen MR) is 70.7 cm³/mol. The maximum atomic E-state index is 12.5. The first-order valence-electron chi connectivity index (χ1n) is 6.83. The molecule has 1 saturated heterocycles. The number of carbonyl (C=O) groups excluding carboxylic acids is 1. The Hall–Kier alpha value is -1.63. The molecule has 1 aliphatic rings. The standard InChI is InChI=1S/C14H17F3N2O2/c1-9-2-3-11(21-9)4-5-13(20)19-12-8-10(6-7-18-12)14(15,16)17/h6-9,11H,2-5H2,1H3,(H,18,19,20). The fourth-order valence-electron chi connectivity index (χ4n) is 2.27. The third kappa shape index (κ3) is 4.70. The van der Waals surface area contributed by atoms with Gasteiger partial charge >= 0.3 is 6.18 Å². The number of carbonyl (C=O) groups is 1. The van der Waals surface area contributed by atoms with E-state index in [1.807, 2.05) is 6.92 Å². The van der Waals surface area contributed by atoms with Crippen LogP contribution in [0, 0.1) is 0 Å². The summed E-state index contributed by atoms with van der Waals surface area (Å²) < 4.78 is 43.2. The van der Waals surface area contributed by atoms with Crippen LogP contribution in [0.15, 0.2) is 18.3 Å². The van der Waals surface area contributed by atoms with Crippen molar-refractivity contribution in [3.63, 3.8) is 0 Å². The van der Waals surface area contributed by atoms with Crippen LogP contribution in [-0.4, -0.2) is 23.1 Å². The number of pyridine rings is 1. The molecule has 0 saturated carbocycles. The Morgan fingerprint density at radius 2 is 2.24 bits per heavy atom. The number of alkyl halides is 3. The van der Waals surface area contributed by atoms with Crippen LogP contribution < -0.4 is 5.32 Å². The number of nitrogens with one attached hydrogen (secondary N) is 1. The van der Waals surface area contributed by atoms with Gasteiger partial charge < -0.3 is 10.1 Å². The minimum absolute atomic E-state index is 0.0558. The van der Waals surface area contributed by atoms with E-state index in [0.717, 1.165) is 31.2 Å². The molecule has 4 nitrogen and oxygen atoms in total. The summed E-state index contributed by atoms with van der Waals surface area (Å²) >= 11 is 0. The topological polar surface area (TPSA) is 51.2 Å². The smallest absolute Gasteiger partial charge is 0.375 e. The Bertz CT molecular complexity index is 505. The van der Waals surface area contributed by atoms with Crippen molar-refractivity contribution in [2.24, 2.45) is 0 Å². The molecule has 1 aromatic rings. The fourth-order valence-corrected chi connectivity index (χ4v) is 2.27. The van der Waals surface area contributed by atoms with Crippen molar-refractivity contribution in [2.45, 2.75) is 51.0 Å². The molecular weight excluding hydrogens is 285 g/mol. The molecule has 1 aliphatic heterocycles. The maximum absolute atomic E-state index is 12.5. The normalized spacial score (nSPS) is 22.3. The first-order valence-corrected chi connectivity index (χ1v) is 6.83. The lowest BCUT2D eigenvalue weighted by Gasteiger charge is -2.11. The minimum Gasteiger partial charge on any atom is -0.375 e. The molecule has 2 heterocycles. The summed E-state index contributed by atoms with van der Waals surface area (Å²) in [5.41, 5.74) is -0.833. The first kappa shape index (κ1) is 15.8. The van der Waals surface area contributed by atoms with Crippen LogP contribution in [0.4, 0.5) is 19.0 Å². The van der Waals surface area contributed by atoms with Crippen molar-refractivity contribution in [3.05, 3.63) is 23.9 Å². The number of hydrogen-bond acceptors (Lipinski definition) is 3. The van der Waals surface area contributed by atoms with Crippen LogP contribution in [0.2, 0.25) is 0 Å². The Labute approximate surface area is 120 Å². The van der Waals surface area contributed by atoms with Crippen LogP contribution in [0.25, 0.3) is 0 Å². The largest absolute Gasteiger partial charge is 0.416 e. The number of rotatable bonds is 4. The first-order chi connectivity index (χ1) is 9.84. The average molecular weight is 302 g/mol. The zero-order valence-corrected chi connectivity index (χ0v) is 11.6. The molecule has 0 radical (unpaired) electrons. The van der Waals surface area contributed by atoms with E-state index >= 15 is 0 Å². The van der Waals surface area contributed by atoms with E-state index in [9.17, 15) is 18.0 Å². The summed E-state index contributed by atoms with van der Waals surface area (Å²) in [6.45, 7) is 1.98. The van der Waals surface area contributed by atoms with Crippen LogP contribution in [0.1, 0.15) is 38.2 Å². The summed E-state index contributed by atoms with van der Waals surface area (Å²) in [6, 6.07) is 1.69. The van der Waals surface area contributed by atoms with Gasteiger partial charge in [0.1, 0.15) is 5.82 Å². The number of aromatic nitrogens is 1. The van der Waals surface area contributed by atoms with Crippen LogP contribution >= 0.6 is 0 Å². The lowest BCUT2D eigenvalue weighted by molar-refractivity contribution is -0.137. The van der Waals surface area contributed by atoms with Crippen molar-refractivity contribution < 1.29 is 22.7 Å². The van der Waals surface area contributed by atoms with Crippen molar-refractivity contribution in [3.8, 4) is 0 Å². The molecule has 2 rings (SSSR count). The van der Waals surface area contributed by atoms with Gasteiger partial charge in [0.25, 0.3) is 0 Å². The van der Waals surface area contributed by atoms with E-state index in [4.69, 9.17) is 4.74 Å². The summed E-state index contributed by atoms with van der Waals surface area (Å²) in [6.07, 6.45) is -0.498. The van der Waals surface area contributed by atoms with Crippen LogP contribution in [-0.2, 0) is 15.7 Å². The molecule has 1 N–H and O–H groups in total. The van der Waals surface area contributed by atoms with Gasteiger partial charge in [-0.3, -0.25) is 4.79 Å². The lowest BCUT2D eigenvalue weighted by Crippen LogP contribution is -2.17. The van der Waals surface area contributed by atoms with E-state index in [1.54, 1.807) is 0 Å². The summed E-state index contributed by atoms with van der Waals surface area (Å²) in [7, 11) is 0. The molecule has 0 spiro atoms. The lowest BCUT2D eigenvalue weighted by atomic mass is 10.1. The number of halogens is 3. The van der Waals surface area contributed by atoms with Gasteiger partial charge in [0, 0.05) is 12.6 Å². The van der Waals surface area contributed by atoms with Gasteiger partial charge in [-0.25, -0.2) is 4.98 Å². The Morgan fingerprint density at radius 1 is 1.48 bits per heavy atom. The molecule has 2 unspecified atom stereocenters. The predicted octanol–water partition coefficient (Wildman–Crippen LogP) is 3.39. The van der Waals surface area contributed by atoms with Gasteiger partial charge in [0.15, 0.2) is 0 Å². The molecule has 21 heavy (non-hydrogen) atoms. The third-order valence-electron chi connectivity index (χ3n) is 3.37. The molecule has 116 valence electrons. The number of nitrogens with zero attached hydrogens (tertiary/aromatic N) is 1. The molecule has 1 aromatic heterocycles. The van der Waals surface area contributed by atoms with Gasteiger partial charge in [-0.15, -0.1) is 0 Å². The number of ether oxygens (including phenoxy) is 1. The molecule has 0 bridgehead atoms. The second-order valence-corrected chi connectivity index (χ2v) is 5.16. The molecule has 1 fully saturated rings. The SMILES string of the molecule is CC1CCC(CCC(=O)Nc2cc(C(F)(F)F)ccn2)O1. The van der Waals surface area contributed by atoms with E-state index in [2.05, 4.69) is 10.3 Å². The zero-order chi connectivity index (χ0) is 15.5. The van der Waals surface area contributed by atoms with Crippen LogP contribution in [0.3, 0.4) is 0 Å². The quantitative estimate of drug-likeness (QED) is 0.927. The number of anilines is 1. The molecule has 0 aliphatic carbocycles. The number of hydrogen-bond donors (Lipinski definition) is 1. The molecule has 7 heteroatoms. The molecule has 2 atom stereocenters. The van der Waals surface area contributed by atoms with Crippen molar-refractivity contribution in [2.75, 3.05) is 5.32 Å². The minimum atomic E-state index is -4.45. The van der Waals surface area contributed by atoms with Crippen LogP contribution in [0.5, 0.6) is 0 Å². The Morgan fingerprint density at radius 3 is 2.86 bits per heavy atom. The summed E-state index contributed by atoms with van der Waals surface area (Å²) in [5.74, 6) is -0.444. The summed E-state index contributed by atoms with van der Waals surface area (Å²) in [5, 5.41) is 2.38. The Kier molecular flexibility index (Phi) is 4.82. The van der Waals surface area contributed by atoms with E-state index in [-0.39, 0.29) is 30.4 Å². The highest BCUT2D eigenvalue weighted by atomic mass is 19.4. The van der Waals surface area contributed by atoms with Gasteiger partial charge in [-0.05, 0) is 38.3 Å². The van der Waals surface area contributed by atoms with E-state index in [0.29, 0.717) is 6.42 Å². The van der Waals surface area contributed by atoms with E-state index < -0.39 is 11.7 Å². The average Bonchev–Trinajstić information content (AvgIpc) is 2.82. The third-order valence-corrected chi connectivity index (χ3v) is 3.37. The van der Waals surface area contributed by atoms with Crippen molar-refractivity contribution in [1.29, 1.82) is 0 Å². The monoisotopic (exact) mass is 302 g/mol. The summed E-state index contributed by atoms with van der Waals surface area (Å²) in [4.78, 5) is 15.4. The van der Waals surface area contributed by atoms with Gasteiger partial charge in [0.05, 0.1) is 17.8 Å². The van der Waals surface area contributed by atoms with Gasteiger partial charge in [-0.1, -0.05) is 0 Å². The van der Waals surface area contributed by atoms with Crippen molar-refractivity contribution >= 4 is 11.7 Å². The molecule has 1 amide bonds. The highest BCUT2D eigenvalue weighted by Crippen LogP contribution is 2.30. The molecular formula is C14H17F3N2O2.